The lowest BCUT2D eigenvalue weighted by atomic mass is 9.82. The van der Waals surface area contributed by atoms with E-state index in [1.165, 1.54) is 0 Å². The van der Waals surface area contributed by atoms with Gasteiger partial charge in [-0.2, -0.15) is 0 Å². The summed E-state index contributed by atoms with van der Waals surface area (Å²) in [5, 5.41) is 12.8. The van der Waals surface area contributed by atoms with Crippen LogP contribution in [-0.2, 0) is 6.54 Å². The molecule has 1 fully saturated rings. The third-order valence-electron chi connectivity index (χ3n) is 2.72. The van der Waals surface area contributed by atoms with E-state index in [1.807, 2.05) is 0 Å². The van der Waals surface area contributed by atoms with Gasteiger partial charge in [0.15, 0.2) is 0 Å². The molecular formula is C10H16N2O2. The number of aliphatic hydroxyl groups excluding tert-OH is 1. The molecule has 1 aliphatic rings. The molecule has 0 aliphatic heterocycles. The summed E-state index contributed by atoms with van der Waals surface area (Å²) in [7, 11) is 2.08. The average molecular weight is 196 g/mol. The van der Waals surface area contributed by atoms with E-state index in [2.05, 4.69) is 17.1 Å². The van der Waals surface area contributed by atoms with Crippen molar-refractivity contribution in [2.24, 2.45) is 5.92 Å². The van der Waals surface area contributed by atoms with Gasteiger partial charge in [0.25, 0.3) is 0 Å². The summed E-state index contributed by atoms with van der Waals surface area (Å²) < 4.78 is 4.76. The van der Waals surface area contributed by atoms with Crippen LogP contribution < -0.4 is 0 Å². The normalized spacial score (nSPS) is 26.5. The molecule has 0 spiro atoms. The number of hydrogen-bond donors (Lipinski definition) is 1. The van der Waals surface area contributed by atoms with Crippen molar-refractivity contribution < 1.29 is 9.63 Å². The Morgan fingerprint density at radius 2 is 2.43 bits per heavy atom. The highest BCUT2D eigenvalue weighted by molar-refractivity contribution is 4.99. The number of aliphatic hydroxyl groups is 1. The van der Waals surface area contributed by atoms with Gasteiger partial charge in [0, 0.05) is 18.7 Å². The summed E-state index contributed by atoms with van der Waals surface area (Å²) in [5.74, 6) is 0.662. The van der Waals surface area contributed by atoms with E-state index in [1.54, 1.807) is 12.5 Å². The van der Waals surface area contributed by atoms with Crippen LogP contribution in [0, 0.1) is 5.92 Å². The minimum absolute atomic E-state index is 0.0519. The van der Waals surface area contributed by atoms with Crippen LogP contribution in [0.1, 0.15) is 18.4 Å². The maximum atomic E-state index is 9.14. The standard InChI is InChI=1S/C10H16N2O2/c1-12(5-8-2-10(13)3-8)6-9-4-11-14-7-9/h4,7-8,10,13H,2-3,5-6H2,1H3. The maximum Gasteiger partial charge on any atom is 0.128 e. The molecule has 0 bridgehead atoms. The van der Waals surface area contributed by atoms with E-state index < -0.39 is 0 Å². The predicted octanol–water partition coefficient (Wildman–Crippen LogP) is 0.877. The minimum atomic E-state index is -0.0519. The summed E-state index contributed by atoms with van der Waals surface area (Å²) >= 11 is 0. The summed E-state index contributed by atoms with van der Waals surface area (Å²) in [6.07, 6.45) is 5.27. The van der Waals surface area contributed by atoms with Gasteiger partial charge in [0.2, 0.25) is 0 Å². The molecule has 0 saturated heterocycles. The Morgan fingerprint density at radius 1 is 1.64 bits per heavy atom. The fraction of sp³-hybridized carbons (Fsp3) is 0.700. The molecule has 4 heteroatoms. The first-order valence-electron chi connectivity index (χ1n) is 4.99. The minimum Gasteiger partial charge on any atom is -0.393 e. The van der Waals surface area contributed by atoms with E-state index in [4.69, 9.17) is 9.63 Å². The van der Waals surface area contributed by atoms with Gasteiger partial charge in [-0.25, -0.2) is 0 Å². The molecular weight excluding hydrogens is 180 g/mol. The molecule has 4 nitrogen and oxygen atoms in total. The van der Waals surface area contributed by atoms with Gasteiger partial charge < -0.3 is 14.5 Å². The smallest absolute Gasteiger partial charge is 0.128 e. The Labute approximate surface area is 83.5 Å². The zero-order valence-corrected chi connectivity index (χ0v) is 8.39. The van der Waals surface area contributed by atoms with Crippen LogP contribution in [0.4, 0.5) is 0 Å². The second kappa shape index (κ2) is 4.11. The van der Waals surface area contributed by atoms with Gasteiger partial charge in [0.1, 0.15) is 6.26 Å². The zero-order valence-electron chi connectivity index (χ0n) is 8.39. The fourth-order valence-electron chi connectivity index (χ4n) is 1.97. The van der Waals surface area contributed by atoms with E-state index in [9.17, 15) is 0 Å². The Morgan fingerprint density at radius 3 is 3.00 bits per heavy atom. The second-order valence-corrected chi connectivity index (χ2v) is 4.22. The van der Waals surface area contributed by atoms with E-state index >= 15 is 0 Å². The molecule has 0 aromatic carbocycles. The molecule has 0 radical (unpaired) electrons. The third kappa shape index (κ3) is 2.33. The number of hydrogen-bond acceptors (Lipinski definition) is 4. The molecule has 0 atom stereocenters. The summed E-state index contributed by atoms with van der Waals surface area (Å²) in [4.78, 5) is 2.24. The summed E-state index contributed by atoms with van der Waals surface area (Å²) in [6.45, 7) is 1.92. The van der Waals surface area contributed by atoms with Gasteiger partial charge in [0.05, 0.1) is 12.3 Å². The molecule has 14 heavy (non-hydrogen) atoms. The quantitative estimate of drug-likeness (QED) is 0.776. The van der Waals surface area contributed by atoms with Crippen molar-refractivity contribution in [3.63, 3.8) is 0 Å². The van der Waals surface area contributed by atoms with Crippen LogP contribution in [0.25, 0.3) is 0 Å². The van der Waals surface area contributed by atoms with Crippen molar-refractivity contribution in [3.05, 3.63) is 18.0 Å². The second-order valence-electron chi connectivity index (χ2n) is 4.22. The van der Waals surface area contributed by atoms with E-state index in [-0.39, 0.29) is 6.10 Å². The molecule has 2 rings (SSSR count). The molecule has 78 valence electrons. The van der Waals surface area contributed by atoms with E-state index in [0.717, 1.165) is 31.5 Å². The van der Waals surface area contributed by atoms with Crippen LogP contribution in [0.3, 0.4) is 0 Å². The lowest BCUT2D eigenvalue weighted by Crippen LogP contribution is -2.36. The molecule has 1 saturated carbocycles. The van der Waals surface area contributed by atoms with E-state index in [0.29, 0.717) is 5.92 Å². The average Bonchev–Trinajstić information content (AvgIpc) is 2.54. The van der Waals surface area contributed by atoms with Crippen molar-refractivity contribution in [1.82, 2.24) is 10.1 Å². The van der Waals surface area contributed by atoms with Crippen LogP contribution >= 0.6 is 0 Å². The SMILES string of the molecule is CN(Cc1cnoc1)CC1CC(O)C1. The van der Waals surface area contributed by atoms with Crippen molar-refractivity contribution in [1.29, 1.82) is 0 Å². The monoisotopic (exact) mass is 196 g/mol. The maximum absolute atomic E-state index is 9.14. The molecule has 1 N–H and O–H groups in total. The third-order valence-corrected chi connectivity index (χ3v) is 2.72. The first-order chi connectivity index (χ1) is 6.74. The van der Waals surface area contributed by atoms with Crippen LogP contribution in [-0.4, -0.2) is 34.9 Å². The topological polar surface area (TPSA) is 49.5 Å². The summed E-state index contributed by atoms with van der Waals surface area (Å²) in [6, 6.07) is 0. The number of nitrogens with zero attached hydrogens (tertiary/aromatic N) is 2. The number of aromatic nitrogens is 1. The van der Waals surface area contributed by atoms with Crippen molar-refractivity contribution >= 4 is 0 Å². The van der Waals surface area contributed by atoms with Gasteiger partial charge in [-0.1, -0.05) is 5.16 Å². The largest absolute Gasteiger partial charge is 0.393 e. The molecule has 1 aromatic rings. The highest BCUT2D eigenvalue weighted by Gasteiger charge is 2.27. The highest BCUT2D eigenvalue weighted by atomic mass is 16.5. The lowest BCUT2D eigenvalue weighted by molar-refractivity contribution is 0.0273. The van der Waals surface area contributed by atoms with Crippen molar-refractivity contribution in [2.75, 3.05) is 13.6 Å². The van der Waals surface area contributed by atoms with Crippen molar-refractivity contribution in [3.8, 4) is 0 Å². The Hall–Kier alpha value is -0.870. The molecule has 0 amide bonds. The zero-order chi connectivity index (χ0) is 9.97. The van der Waals surface area contributed by atoms with Crippen LogP contribution in [0.15, 0.2) is 17.0 Å². The molecule has 0 unspecified atom stereocenters. The Kier molecular flexibility index (Phi) is 2.84. The molecule has 1 aliphatic carbocycles. The summed E-state index contributed by atoms with van der Waals surface area (Å²) in [5.41, 5.74) is 1.10. The Balaban J connectivity index is 1.71. The van der Waals surface area contributed by atoms with Gasteiger partial charge >= 0.3 is 0 Å². The highest BCUT2D eigenvalue weighted by Crippen LogP contribution is 2.27. The van der Waals surface area contributed by atoms with Gasteiger partial charge in [-0.05, 0) is 25.8 Å². The van der Waals surface area contributed by atoms with Gasteiger partial charge in [-0.3, -0.25) is 0 Å². The van der Waals surface area contributed by atoms with Crippen molar-refractivity contribution in [2.45, 2.75) is 25.5 Å². The van der Waals surface area contributed by atoms with Gasteiger partial charge in [-0.15, -0.1) is 0 Å². The first kappa shape index (κ1) is 9.68. The first-order valence-corrected chi connectivity index (χ1v) is 4.99. The Bertz CT molecular complexity index is 268. The lowest BCUT2D eigenvalue weighted by Gasteiger charge is -2.34. The molecule has 1 aromatic heterocycles. The fourth-order valence-corrected chi connectivity index (χ4v) is 1.97. The number of rotatable bonds is 4. The predicted molar refractivity (Wildman–Crippen MR) is 51.6 cm³/mol. The van der Waals surface area contributed by atoms with Crippen LogP contribution in [0.5, 0.6) is 0 Å². The van der Waals surface area contributed by atoms with Crippen LogP contribution in [0.2, 0.25) is 0 Å². The molecule has 1 heterocycles.